The van der Waals surface area contributed by atoms with Crippen LogP contribution in [0, 0.1) is 0 Å². The summed E-state index contributed by atoms with van der Waals surface area (Å²) in [5.74, 6) is 0.0418. The second-order valence-electron chi connectivity index (χ2n) is 3.92. The van der Waals surface area contributed by atoms with Crippen molar-refractivity contribution in [3.63, 3.8) is 0 Å². The summed E-state index contributed by atoms with van der Waals surface area (Å²) in [4.78, 5) is 0. The van der Waals surface area contributed by atoms with Crippen molar-refractivity contribution in [3.8, 4) is 5.75 Å². The number of hydrogen-bond donors (Lipinski definition) is 0. The Labute approximate surface area is 93.2 Å². The molecule has 0 aromatic heterocycles. The Morgan fingerprint density at radius 3 is 2.31 bits per heavy atom. The first-order valence-electron chi connectivity index (χ1n) is 5.22. The number of rotatable bonds is 3. The normalized spacial score (nSPS) is 11.9. The smallest absolute Gasteiger partial charge is 0.406 e. The minimum absolute atomic E-state index is 0.145. The molecule has 0 spiro atoms. The first-order valence-corrected chi connectivity index (χ1v) is 5.22. The molecule has 0 bridgehead atoms. The van der Waals surface area contributed by atoms with Crippen LogP contribution in [0.1, 0.15) is 37.8 Å². The molecule has 0 fully saturated rings. The first-order chi connectivity index (χ1) is 7.33. The van der Waals surface area contributed by atoms with Gasteiger partial charge >= 0.3 is 6.36 Å². The number of ether oxygens (including phenoxy) is 1. The zero-order valence-corrected chi connectivity index (χ0v) is 9.56. The van der Waals surface area contributed by atoms with Crippen LogP contribution in [0.4, 0.5) is 13.2 Å². The zero-order valence-electron chi connectivity index (χ0n) is 9.56. The Bertz CT molecular complexity index is 356. The fraction of sp³-hybridized carbons (Fsp3) is 0.500. The highest BCUT2D eigenvalue weighted by Gasteiger charge is 2.31. The van der Waals surface area contributed by atoms with Crippen LogP contribution in [0.25, 0.3) is 0 Å². The molecule has 0 N–H and O–H groups in total. The maximum Gasteiger partial charge on any atom is 0.573 e. The summed E-state index contributed by atoms with van der Waals surface area (Å²) in [5.41, 5.74) is 1.97. The molecule has 1 rings (SSSR count). The Morgan fingerprint density at radius 1 is 1.25 bits per heavy atom. The molecule has 1 aromatic rings. The topological polar surface area (TPSA) is 9.23 Å². The average Bonchev–Trinajstić information content (AvgIpc) is 2.15. The van der Waals surface area contributed by atoms with Crippen LogP contribution in [-0.2, 0) is 6.42 Å². The fourth-order valence-electron chi connectivity index (χ4n) is 1.63. The lowest BCUT2D eigenvalue weighted by atomic mass is 9.95. The van der Waals surface area contributed by atoms with Gasteiger partial charge in [0.05, 0.1) is 0 Å². The van der Waals surface area contributed by atoms with Gasteiger partial charge in [-0.3, -0.25) is 0 Å². The van der Waals surface area contributed by atoms with E-state index in [-0.39, 0.29) is 11.7 Å². The molecular formula is C12H15F3O. The fourth-order valence-corrected chi connectivity index (χ4v) is 1.63. The number of halogens is 3. The monoisotopic (exact) mass is 232 g/mol. The number of alkyl halides is 3. The summed E-state index contributed by atoms with van der Waals surface area (Å²) in [5, 5.41) is 0. The summed E-state index contributed by atoms with van der Waals surface area (Å²) >= 11 is 0. The molecule has 1 nitrogen and oxygen atoms in total. The van der Waals surface area contributed by atoms with Crippen LogP contribution >= 0.6 is 0 Å². The summed E-state index contributed by atoms with van der Waals surface area (Å²) < 4.78 is 40.0. The highest BCUT2D eigenvalue weighted by Crippen LogP contribution is 2.28. The average molecular weight is 232 g/mol. The molecule has 90 valence electrons. The van der Waals surface area contributed by atoms with Crippen LogP contribution in [0.2, 0.25) is 0 Å². The van der Waals surface area contributed by atoms with Crippen LogP contribution in [0.3, 0.4) is 0 Å². The van der Waals surface area contributed by atoms with Crippen molar-refractivity contribution in [1.29, 1.82) is 0 Å². The largest absolute Gasteiger partial charge is 0.573 e. The molecule has 0 heterocycles. The summed E-state index contributed by atoms with van der Waals surface area (Å²) in [6.07, 6.45) is -3.82. The van der Waals surface area contributed by atoms with Crippen molar-refractivity contribution in [2.24, 2.45) is 0 Å². The molecule has 16 heavy (non-hydrogen) atoms. The molecule has 0 saturated heterocycles. The van der Waals surface area contributed by atoms with E-state index in [4.69, 9.17) is 0 Å². The highest BCUT2D eigenvalue weighted by atomic mass is 19.4. The Hall–Kier alpha value is -1.19. The predicted molar refractivity (Wildman–Crippen MR) is 56.6 cm³/mol. The third kappa shape index (κ3) is 3.43. The standard InChI is InChI=1S/C12H15F3O/c1-4-9-5-6-10(16-12(13,14)15)7-11(9)8(2)3/h5-8H,4H2,1-3H3. The summed E-state index contributed by atoms with van der Waals surface area (Å²) in [6, 6.07) is 4.52. The highest BCUT2D eigenvalue weighted by molar-refractivity contribution is 5.37. The molecule has 0 unspecified atom stereocenters. The number of benzene rings is 1. The van der Waals surface area contributed by atoms with Gasteiger partial charge in [0.25, 0.3) is 0 Å². The maximum absolute atomic E-state index is 12.0. The Kier molecular flexibility index (Phi) is 3.83. The van der Waals surface area contributed by atoms with Crippen molar-refractivity contribution in [2.45, 2.75) is 39.5 Å². The van der Waals surface area contributed by atoms with E-state index in [1.165, 1.54) is 12.1 Å². The molecule has 0 atom stereocenters. The van der Waals surface area contributed by atoms with Crippen LogP contribution in [0.15, 0.2) is 18.2 Å². The van der Waals surface area contributed by atoms with Crippen molar-refractivity contribution >= 4 is 0 Å². The molecule has 1 aromatic carbocycles. The minimum atomic E-state index is -4.62. The van der Waals surface area contributed by atoms with Gasteiger partial charge in [-0.05, 0) is 35.6 Å². The van der Waals surface area contributed by atoms with Gasteiger partial charge in [0, 0.05) is 0 Å². The summed E-state index contributed by atoms with van der Waals surface area (Å²) in [6.45, 7) is 5.88. The Morgan fingerprint density at radius 2 is 1.88 bits per heavy atom. The maximum atomic E-state index is 12.0. The van der Waals surface area contributed by atoms with E-state index in [2.05, 4.69) is 4.74 Å². The van der Waals surface area contributed by atoms with Gasteiger partial charge in [0.15, 0.2) is 0 Å². The lowest BCUT2D eigenvalue weighted by molar-refractivity contribution is -0.274. The number of hydrogen-bond acceptors (Lipinski definition) is 1. The molecular weight excluding hydrogens is 217 g/mol. The van der Waals surface area contributed by atoms with Gasteiger partial charge in [0.1, 0.15) is 5.75 Å². The second kappa shape index (κ2) is 4.76. The second-order valence-corrected chi connectivity index (χ2v) is 3.92. The van der Waals surface area contributed by atoms with Crippen LogP contribution < -0.4 is 4.74 Å². The number of aryl methyl sites for hydroxylation is 1. The molecule has 0 radical (unpaired) electrons. The van der Waals surface area contributed by atoms with Crippen molar-refractivity contribution < 1.29 is 17.9 Å². The van der Waals surface area contributed by atoms with Gasteiger partial charge in [-0.25, -0.2) is 0 Å². The third-order valence-electron chi connectivity index (χ3n) is 2.35. The molecule has 0 aliphatic carbocycles. The lowest BCUT2D eigenvalue weighted by Crippen LogP contribution is -2.17. The molecule has 0 aliphatic heterocycles. The lowest BCUT2D eigenvalue weighted by Gasteiger charge is -2.15. The molecule has 0 saturated carbocycles. The molecule has 4 heteroatoms. The van der Waals surface area contributed by atoms with E-state index in [0.717, 1.165) is 17.5 Å². The van der Waals surface area contributed by atoms with Gasteiger partial charge in [0.2, 0.25) is 0 Å². The van der Waals surface area contributed by atoms with Crippen LogP contribution in [0.5, 0.6) is 5.75 Å². The predicted octanol–water partition coefficient (Wildman–Crippen LogP) is 4.27. The van der Waals surface area contributed by atoms with E-state index in [0.29, 0.717) is 0 Å². The molecule has 0 aliphatic rings. The third-order valence-corrected chi connectivity index (χ3v) is 2.35. The zero-order chi connectivity index (χ0) is 12.3. The quantitative estimate of drug-likeness (QED) is 0.756. The van der Waals surface area contributed by atoms with E-state index in [9.17, 15) is 13.2 Å². The Balaban J connectivity index is 3.02. The first kappa shape index (κ1) is 12.9. The van der Waals surface area contributed by atoms with E-state index in [1.54, 1.807) is 6.07 Å². The van der Waals surface area contributed by atoms with Gasteiger partial charge in [-0.2, -0.15) is 0 Å². The van der Waals surface area contributed by atoms with Crippen molar-refractivity contribution in [1.82, 2.24) is 0 Å². The summed E-state index contributed by atoms with van der Waals surface area (Å²) in [7, 11) is 0. The van der Waals surface area contributed by atoms with E-state index >= 15 is 0 Å². The van der Waals surface area contributed by atoms with E-state index in [1.807, 2.05) is 20.8 Å². The molecule has 0 amide bonds. The van der Waals surface area contributed by atoms with E-state index < -0.39 is 6.36 Å². The van der Waals surface area contributed by atoms with Crippen molar-refractivity contribution in [2.75, 3.05) is 0 Å². The minimum Gasteiger partial charge on any atom is -0.406 e. The SMILES string of the molecule is CCc1ccc(OC(F)(F)F)cc1C(C)C. The van der Waals surface area contributed by atoms with Crippen LogP contribution in [-0.4, -0.2) is 6.36 Å². The van der Waals surface area contributed by atoms with Gasteiger partial charge in [-0.1, -0.05) is 26.8 Å². The van der Waals surface area contributed by atoms with Gasteiger partial charge in [-0.15, -0.1) is 13.2 Å². The van der Waals surface area contributed by atoms with Gasteiger partial charge < -0.3 is 4.74 Å². The van der Waals surface area contributed by atoms with Crippen molar-refractivity contribution in [3.05, 3.63) is 29.3 Å².